The van der Waals surface area contributed by atoms with E-state index < -0.39 is 0 Å². The molecule has 26 heavy (non-hydrogen) atoms. The minimum Gasteiger partial charge on any atom is -0.341 e. The molecule has 0 aliphatic heterocycles. The second kappa shape index (κ2) is 7.10. The average Bonchev–Trinajstić information content (AvgIpc) is 3.02. The van der Waals surface area contributed by atoms with Crippen molar-refractivity contribution in [2.45, 2.75) is 70.9 Å². The summed E-state index contributed by atoms with van der Waals surface area (Å²) in [5.41, 5.74) is 0.984. The van der Waals surface area contributed by atoms with E-state index in [1.807, 2.05) is 11.9 Å². The highest BCUT2D eigenvalue weighted by Crippen LogP contribution is 2.35. The van der Waals surface area contributed by atoms with E-state index in [0.717, 1.165) is 42.5 Å². The number of hydrogen-bond donors (Lipinski definition) is 0. The van der Waals surface area contributed by atoms with E-state index in [-0.39, 0.29) is 18.0 Å². The molecule has 2 aliphatic carbocycles. The van der Waals surface area contributed by atoms with Gasteiger partial charge in [0.1, 0.15) is 6.54 Å². The van der Waals surface area contributed by atoms with Gasteiger partial charge in [-0.05, 0) is 43.6 Å². The van der Waals surface area contributed by atoms with Gasteiger partial charge in [-0.2, -0.15) is 0 Å². The lowest BCUT2D eigenvalue weighted by molar-refractivity contribution is -0.133. The molecule has 2 aromatic heterocycles. The van der Waals surface area contributed by atoms with E-state index in [1.165, 1.54) is 28.8 Å². The minimum atomic E-state index is -0.160. The fraction of sp³-hybridized carbons (Fsp3) is 0.684. The van der Waals surface area contributed by atoms with E-state index in [2.05, 4.69) is 17.2 Å². The van der Waals surface area contributed by atoms with Gasteiger partial charge in [-0.25, -0.2) is 4.68 Å². The van der Waals surface area contributed by atoms with Crippen LogP contribution in [0, 0.1) is 5.92 Å². The summed E-state index contributed by atoms with van der Waals surface area (Å²) in [6.07, 6.45) is 8.75. The largest absolute Gasteiger partial charge is 0.341 e. The van der Waals surface area contributed by atoms with E-state index in [1.54, 1.807) is 11.3 Å². The first-order valence-corrected chi connectivity index (χ1v) is 10.5. The minimum absolute atomic E-state index is 0.0181. The summed E-state index contributed by atoms with van der Waals surface area (Å²) in [4.78, 5) is 29.4. The van der Waals surface area contributed by atoms with Gasteiger partial charge < -0.3 is 4.90 Å². The Bertz CT molecular complexity index is 882. The zero-order chi connectivity index (χ0) is 18.3. The van der Waals surface area contributed by atoms with Crippen molar-refractivity contribution in [2.75, 3.05) is 7.05 Å². The highest BCUT2D eigenvalue weighted by molar-refractivity contribution is 7.18. The van der Waals surface area contributed by atoms with Gasteiger partial charge in [-0.1, -0.05) is 31.4 Å². The molecule has 0 saturated heterocycles. The predicted octanol–water partition coefficient (Wildman–Crippen LogP) is 2.77. The third-order valence-corrected chi connectivity index (χ3v) is 7.12. The van der Waals surface area contributed by atoms with Gasteiger partial charge in [0.25, 0.3) is 5.56 Å². The molecule has 1 fully saturated rings. The zero-order valence-corrected chi connectivity index (χ0v) is 16.3. The Hall–Kier alpha value is -1.76. The van der Waals surface area contributed by atoms with Crippen molar-refractivity contribution in [1.29, 1.82) is 0 Å². The SMILES string of the molecule is CC1CCc2c(sc3nnn(CC(=O)N(C)C4CCCCC4)c(=O)c23)C1. The fourth-order valence-corrected chi connectivity index (χ4v) is 5.63. The van der Waals surface area contributed by atoms with Crippen LogP contribution in [-0.2, 0) is 24.2 Å². The topological polar surface area (TPSA) is 68.1 Å². The third kappa shape index (κ3) is 3.17. The molecule has 0 spiro atoms. The lowest BCUT2D eigenvalue weighted by Crippen LogP contribution is -2.42. The van der Waals surface area contributed by atoms with Gasteiger partial charge >= 0.3 is 0 Å². The molecule has 0 aromatic carbocycles. The van der Waals surface area contributed by atoms with Crippen molar-refractivity contribution in [3.8, 4) is 0 Å². The average molecular weight is 375 g/mol. The van der Waals surface area contributed by atoms with Gasteiger partial charge in [-0.15, -0.1) is 16.4 Å². The highest BCUT2D eigenvalue weighted by Gasteiger charge is 2.26. The molecule has 4 rings (SSSR count). The molecule has 2 aromatic rings. The van der Waals surface area contributed by atoms with Crippen molar-refractivity contribution in [2.24, 2.45) is 5.92 Å². The standard InChI is InChI=1S/C19H26N4O2S/c1-12-8-9-14-15(10-12)26-18-17(14)19(25)23(21-20-18)11-16(24)22(2)13-6-4-3-5-7-13/h12-13H,3-11H2,1-2H3. The normalized spacial score (nSPS) is 20.9. The summed E-state index contributed by atoms with van der Waals surface area (Å²) in [7, 11) is 1.85. The fourth-order valence-electron chi connectivity index (χ4n) is 4.31. The number of rotatable bonds is 3. The molecule has 2 heterocycles. The summed E-state index contributed by atoms with van der Waals surface area (Å²) >= 11 is 1.59. The van der Waals surface area contributed by atoms with Gasteiger partial charge in [0, 0.05) is 18.0 Å². The van der Waals surface area contributed by atoms with Crippen LogP contribution in [0.1, 0.15) is 55.9 Å². The van der Waals surface area contributed by atoms with Crippen molar-refractivity contribution in [3.05, 3.63) is 20.8 Å². The first kappa shape index (κ1) is 17.6. The Morgan fingerprint density at radius 2 is 2.04 bits per heavy atom. The Morgan fingerprint density at radius 3 is 2.81 bits per heavy atom. The highest BCUT2D eigenvalue weighted by atomic mass is 32.1. The van der Waals surface area contributed by atoms with Gasteiger partial charge in [0.2, 0.25) is 5.91 Å². The lowest BCUT2D eigenvalue weighted by Gasteiger charge is -2.31. The van der Waals surface area contributed by atoms with Crippen molar-refractivity contribution in [3.63, 3.8) is 0 Å². The maximum atomic E-state index is 13.0. The monoisotopic (exact) mass is 374 g/mol. The molecule has 0 N–H and O–H groups in total. The van der Waals surface area contributed by atoms with Gasteiger partial charge in [-0.3, -0.25) is 9.59 Å². The van der Waals surface area contributed by atoms with Crippen LogP contribution in [-0.4, -0.2) is 38.9 Å². The van der Waals surface area contributed by atoms with Gasteiger partial charge in [0.15, 0.2) is 4.83 Å². The van der Waals surface area contributed by atoms with Crippen molar-refractivity contribution < 1.29 is 4.79 Å². The molecular formula is C19H26N4O2S. The maximum absolute atomic E-state index is 13.0. The number of carbonyl (C=O) groups excluding carboxylic acids is 1. The summed E-state index contributed by atoms with van der Waals surface area (Å²) in [5.74, 6) is 0.599. The number of thiophene rings is 1. The Balaban J connectivity index is 1.60. The third-order valence-electron chi connectivity index (χ3n) is 5.99. The number of fused-ring (bicyclic) bond motifs is 3. The number of likely N-dealkylation sites (N-methyl/N-ethyl adjacent to an activating group) is 1. The summed E-state index contributed by atoms with van der Waals surface area (Å²) in [6.45, 7) is 2.23. The molecular weight excluding hydrogens is 348 g/mol. The number of hydrogen-bond acceptors (Lipinski definition) is 5. The first-order chi connectivity index (χ1) is 12.5. The van der Waals surface area contributed by atoms with Crippen LogP contribution in [0.3, 0.4) is 0 Å². The number of aryl methyl sites for hydroxylation is 1. The van der Waals surface area contributed by atoms with E-state index in [0.29, 0.717) is 17.3 Å². The van der Waals surface area contributed by atoms with Crippen molar-refractivity contribution >= 4 is 27.5 Å². The molecule has 6 nitrogen and oxygen atoms in total. The lowest BCUT2D eigenvalue weighted by atomic mass is 9.89. The predicted molar refractivity (Wildman–Crippen MR) is 103 cm³/mol. The van der Waals surface area contributed by atoms with Crippen LogP contribution in [0.25, 0.3) is 10.2 Å². The Morgan fingerprint density at radius 1 is 1.27 bits per heavy atom. The van der Waals surface area contributed by atoms with Crippen LogP contribution >= 0.6 is 11.3 Å². The number of amides is 1. The molecule has 0 bridgehead atoms. The molecule has 1 saturated carbocycles. The van der Waals surface area contributed by atoms with Crippen molar-refractivity contribution in [1.82, 2.24) is 19.9 Å². The molecule has 0 radical (unpaired) electrons. The van der Waals surface area contributed by atoms with Crippen LogP contribution in [0.5, 0.6) is 0 Å². The van der Waals surface area contributed by atoms with Crippen LogP contribution < -0.4 is 5.56 Å². The quantitative estimate of drug-likeness (QED) is 0.828. The Labute approximate surface area is 157 Å². The molecule has 140 valence electrons. The van der Waals surface area contributed by atoms with Crippen LogP contribution in [0.2, 0.25) is 0 Å². The van der Waals surface area contributed by atoms with Crippen LogP contribution in [0.4, 0.5) is 0 Å². The second-order valence-electron chi connectivity index (χ2n) is 7.88. The number of carbonyl (C=O) groups is 1. The number of aromatic nitrogens is 3. The smallest absolute Gasteiger partial charge is 0.279 e. The first-order valence-electron chi connectivity index (χ1n) is 9.68. The van der Waals surface area contributed by atoms with Gasteiger partial charge in [0.05, 0.1) is 5.39 Å². The summed E-state index contributed by atoms with van der Waals surface area (Å²) in [6, 6.07) is 0.291. The van der Waals surface area contributed by atoms with E-state index in [4.69, 9.17) is 0 Å². The number of nitrogens with zero attached hydrogens (tertiary/aromatic N) is 4. The maximum Gasteiger partial charge on any atom is 0.279 e. The molecule has 1 unspecified atom stereocenters. The Kier molecular flexibility index (Phi) is 4.82. The second-order valence-corrected chi connectivity index (χ2v) is 8.96. The molecule has 7 heteroatoms. The molecule has 2 aliphatic rings. The van der Waals surface area contributed by atoms with Crippen LogP contribution in [0.15, 0.2) is 4.79 Å². The van der Waals surface area contributed by atoms with E-state index >= 15 is 0 Å². The summed E-state index contributed by atoms with van der Waals surface area (Å²) in [5, 5.41) is 9.01. The molecule has 1 atom stereocenters. The zero-order valence-electron chi connectivity index (χ0n) is 15.5. The van der Waals surface area contributed by atoms with E-state index in [9.17, 15) is 9.59 Å². The summed E-state index contributed by atoms with van der Waals surface area (Å²) < 4.78 is 1.26. The molecule has 1 amide bonds.